The molecular formula is C6H9N3O. The molecule has 0 atom stereocenters. The minimum absolute atomic E-state index is 0.0920. The molecule has 10 heavy (non-hydrogen) atoms. The van der Waals surface area contributed by atoms with E-state index in [-0.39, 0.29) is 6.03 Å². The van der Waals surface area contributed by atoms with Gasteiger partial charge in [-0.3, -0.25) is 4.90 Å². The fourth-order valence-corrected chi connectivity index (χ4v) is 0.724. The van der Waals surface area contributed by atoms with Crippen LogP contribution in [0.5, 0.6) is 0 Å². The van der Waals surface area contributed by atoms with E-state index in [1.807, 2.05) is 0 Å². The third kappa shape index (κ3) is 1.34. The number of hydrogen-bond acceptors (Lipinski definition) is 2. The average Bonchev–Trinajstić information content (AvgIpc) is 2.31. The topological polar surface area (TPSA) is 44.7 Å². The number of aliphatic imine (C=N–C) groups is 1. The van der Waals surface area contributed by atoms with Crippen LogP contribution in [0.15, 0.2) is 17.8 Å². The summed E-state index contributed by atoms with van der Waals surface area (Å²) in [6.45, 7) is 4.78. The standard InChI is InChI=1S/C6H9N3O/c1-2-7-5-9-4-3-8-6(9)10/h2,5H,1,3-4H2,(H,8,10). The molecular weight excluding hydrogens is 130 g/mol. The largest absolute Gasteiger partial charge is 0.336 e. The van der Waals surface area contributed by atoms with Crippen LogP contribution in [-0.2, 0) is 0 Å². The molecule has 0 radical (unpaired) electrons. The monoisotopic (exact) mass is 139 g/mol. The van der Waals surface area contributed by atoms with Gasteiger partial charge in [-0.25, -0.2) is 9.79 Å². The lowest BCUT2D eigenvalue weighted by Crippen LogP contribution is -2.26. The van der Waals surface area contributed by atoms with E-state index in [1.165, 1.54) is 17.4 Å². The molecule has 0 unspecified atom stereocenters. The Balaban J connectivity index is 2.47. The number of rotatable bonds is 2. The van der Waals surface area contributed by atoms with E-state index in [2.05, 4.69) is 16.9 Å². The predicted octanol–water partition coefficient (Wildman–Crippen LogP) is 0.183. The summed E-state index contributed by atoms with van der Waals surface area (Å²) in [4.78, 5) is 16.0. The molecule has 1 aliphatic heterocycles. The maximum atomic E-state index is 10.8. The average molecular weight is 139 g/mol. The van der Waals surface area contributed by atoms with Gasteiger partial charge in [0.1, 0.15) is 0 Å². The van der Waals surface area contributed by atoms with Crippen LogP contribution in [0, 0.1) is 0 Å². The predicted molar refractivity (Wildman–Crippen MR) is 38.8 cm³/mol. The molecule has 1 fully saturated rings. The van der Waals surface area contributed by atoms with Crippen LogP contribution in [0.25, 0.3) is 0 Å². The van der Waals surface area contributed by atoms with E-state index in [0.717, 1.165) is 0 Å². The summed E-state index contributed by atoms with van der Waals surface area (Å²) >= 11 is 0. The van der Waals surface area contributed by atoms with Crippen molar-refractivity contribution in [1.82, 2.24) is 10.2 Å². The number of nitrogens with one attached hydrogen (secondary N) is 1. The van der Waals surface area contributed by atoms with Gasteiger partial charge in [0.2, 0.25) is 0 Å². The first kappa shape index (κ1) is 6.80. The molecule has 1 saturated heterocycles. The SMILES string of the molecule is C=CN=CN1CCNC1=O. The molecule has 0 aromatic carbocycles. The first-order valence-electron chi connectivity index (χ1n) is 3.03. The lowest BCUT2D eigenvalue weighted by atomic mass is 10.6. The molecule has 0 aliphatic carbocycles. The lowest BCUT2D eigenvalue weighted by Gasteiger charge is -2.03. The number of carbonyl (C=O) groups is 1. The Hall–Kier alpha value is -1.32. The van der Waals surface area contributed by atoms with Crippen LogP contribution in [0.3, 0.4) is 0 Å². The summed E-state index contributed by atoms with van der Waals surface area (Å²) in [5.74, 6) is 0. The zero-order valence-electron chi connectivity index (χ0n) is 5.58. The van der Waals surface area contributed by atoms with Gasteiger partial charge < -0.3 is 5.32 Å². The first-order valence-corrected chi connectivity index (χ1v) is 3.03. The second-order valence-electron chi connectivity index (χ2n) is 1.87. The Bertz CT molecular complexity index is 176. The van der Waals surface area contributed by atoms with Crippen LogP contribution in [0.2, 0.25) is 0 Å². The summed E-state index contributed by atoms with van der Waals surface area (Å²) < 4.78 is 0. The van der Waals surface area contributed by atoms with Gasteiger partial charge in [-0.2, -0.15) is 0 Å². The highest BCUT2D eigenvalue weighted by atomic mass is 16.2. The van der Waals surface area contributed by atoms with Gasteiger partial charge in [0.15, 0.2) is 0 Å². The van der Waals surface area contributed by atoms with Gasteiger partial charge in [-0.1, -0.05) is 6.58 Å². The zero-order chi connectivity index (χ0) is 7.40. The first-order chi connectivity index (χ1) is 4.84. The molecule has 1 N–H and O–H groups in total. The smallest absolute Gasteiger partial charge is 0.322 e. The Kier molecular flexibility index (Phi) is 2.04. The van der Waals surface area contributed by atoms with Gasteiger partial charge in [-0.15, -0.1) is 0 Å². The zero-order valence-corrected chi connectivity index (χ0v) is 5.58. The number of nitrogens with zero attached hydrogens (tertiary/aromatic N) is 2. The Morgan fingerprint density at radius 3 is 3.10 bits per heavy atom. The van der Waals surface area contributed by atoms with Crippen molar-refractivity contribution < 1.29 is 4.79 Å². The number of hydrogen-bond donors (Lipinski definition) is 1. The quantitative estimate of drug-likeness (QED) is 0.430. The van der Waals surface area contributed by atoms with Crippen LogP contribution in [0.1, 0.15) is 0 Å². The van der Waals surface area contributed by atoms with E-state index in [1.54, 1.807) is 0 Å². The molecule has 1 rings (SSSR count). The van der Waals surface area contributed by atoms with E-state index in [4.69, 9.17) is 0 Å². The highest BCUT2D eigenvalue weighted by Crippen LogP contribution is 1.91. The van der Waals surface area contributed by atoms with Crippen LogP contribution in [-0.4, -0.2) is 30.4 Å². The number of urea groups is 1. The maximum Gasteiger partial charge on any atom is 0.322 e. The molecule has 0 saturated carbocycles. The fourth-order valence-electron chi connectivity index (χ4n) is 0.724. The van der Waals surface area contributed by atoms with Gasteiger partial charge in [0.05, 0.1) is 6.34 Å². The van der Waals surface area contributed by atoms with Crippen molar-refractivity contribution in [1.29, 1.82) is 0 Å². The number of carbonyl (C=O) groups excluding carboxylic acids is 1. The highest BCUT2D eigenvalue weighted by molar-refractivity contribution is 5.88. The van der Waals surface area contributed by atoms with Crippen molar-refractivity contribution in [3.8, 4) is 0 Å². The van der Waals surface area contributed by atoms with Crippen LogP contribution in [0.4, 0.5) is 4.79 Å². The Morgan fingerprint density at radius 1 is 1.80 bits per heavy atom. The molecule has 0 spiro atoms. The second-order valence-corrected chi connectivity index (χ2v) is 1.87. The van der Waals surface area contributed by atoms with Crippen LogP contribution < -0.4 is 5.32 Å². The third-order valence-corrected chi connectivity index (χ3v) is 1.20. The molecule has 1 heterocycles. The Labute approximate surface area is 59.2 Å². The molecule has 0 bridgehead atoms. The summed E-state index contributed by atoms with van der Waals surface area (Å²) in [6.07, 6.45) is 2.86. The summed E-state index contributed by atoms with van der Waals surface area (Å²) in [5, 5.41) is 2.64. The van der Waals surface area contributed by atoms with Crippen molar-refractivity contribution in [2.45, 2.75) is 0 Å². The van der Waals surface area contributed by atoms with Crippen molar-refractivity contribution in [3.05, 3.63) is 12.8 Å². The van der Waals surface area contributed by atoms with E-state index in [0.29, 0.717) is 13.1 Å². The fraction of sp³-hybridized carbons (Fsp3) is 0.333. The third-order valence-electron chi connectivity index (χ3n) is 1.20. The minimum atomic E-state index is -0.0920. The number of amides is 2. The van der Waals surface area contributed by atoms with Gasteiger partial charge in [0, 0.05) is 19.3 Å². The van der Waals surface area contributed by atoms with Gasteiger partial charge in [0.25, 0.3) is 0 Å². The van der Waals surface area contributed by atoms with Gasteiger partial charge >= 0.3 is 6.03 Å². The van der Waals surface area contributed by atoms with Crippen molar-refractivity contribution >= 4 is 12.4 Å². The molecule has 4 nitrogen and oxygen atoms in total. The lowest BCUT2D eigenvalue weighted by molar-refractivity contribution is 0.235. The normalized spacial score (nSPS) is 18.0. The maximum absolute atomic E-state index is 10.8. The highest BCUT2D eigenvalue weighted by Gasteiger charge is 2.16. The van der Waals surface area contributed by atoms with E-state index >= 15 is 0 Å². The molecule has 4 heteroatoms. The van der Waals surface area contributed by atoms with E-state index < -0.39 is 0 Å². The van der Waals surface area contributed by atoms with Crippen molar-refractivity contribution in [3.63, 3.8) is 0 Å². The molecule has 1 aliphatic rings. The molecule has 0 aromatic heterocycles. The summed E-state index contributed by atoms with van der Waals surface area (Å²) in [5.41, 5.74) is 0. The van der Waals surface area contributed by atoms with Crippen LogP contribution >= 0.6 is 0 Å². The van der Waals surface area contributed by atoms with Crippen molar-refractivity contribution in [2.24, 2.45) is 4.99 Å². The second kappa shape index (κ2) is 3.00. The summed E-state index contributed by atoms with van der Waals surface area (Å²) in [7, 11) is 0. The summed E-state index contributed by atoms with van der Waals surface area (Å²) in [6, 6.07) is -0.0920. The Morgan fingerprint density at radius 2 is 2.60 bits per heavy atom. The van der Waals surface area contributed by atoms with Gasteiger partial charge in [-0.05, 0) is 0 Å². The minimum Gasteiger partial charge on any atom is -0.336 e. The molecule has 54 valence electrons. The van der Waals surface area contributed by atoms with E-state index in [9.17, 15) is 4.79 Å². The van der Waals surface area contributed by atoms with Crippen molar-refractivity contribution in [2.75, 3.05) is 13.1 Å². The molecule has 0 aromatic rings. The molecule has 2 amide bonds.